The Hall–Kier alpha value is -4.61. The van der Waals surface area contributed by atoms with Gasteiger partial charge < -0.3 is 10.2 Å². The maximum atomic E-state index is 14.6. The molecular weight excluding hydrogens is 480 g/mol. The lowest BCUT2D eigenvalue weighted by Crippen LogP contribution is -2.06. The van der Waals surface area contributed by atoms with Gasteiger partial charge in [-0.05, 0) is 34.0 Å². The van der Waals surface area contributed by atoms with Gasteiger partial charge in [-0.2, -0.15) is 0 Å². The van der Waals surface area contributed by atoms with Crippen LogP contribution in [0.4, 0.5) is 0 Å². The summed E-state index contributed by atoms with van der Waals surface area (Å²) in [6, 6.07) is 36.0. The maximum absolute atomic E-state index is 14.6. The lowest BCUT2D eigenvalue weighted by atomic mass is 10.00. The molecule has 0 radical (unpaired) electrons. The second-order valence-electron chi connectivity index (χ2n) is 8.88. The lowest BCUT2D eigenvalue weighted by Gasteiger charge is -2.18. The van der Waals surface area contributed by atoms with Crippen LogP contribution in [0.5, 0.6) is 11.5 Å². The molecule has 0 amide bonds. The monoisotopic (exact) mass is 502 g/mol. The number of benzene rings is 6. The molecule has 0 unspecified atom stereocenters. The zero-order chi connectivity index (χ0) is 25.6. The van der Waals surface area contributed by atoms with E-state index in [4.69, 9.17) is 0 Å². The van der Waals surface area contributed by atoms with E-state index < -0.39 is 9.84 Å². The quantitative estimate of drug-likeness (QED) is 0.261. The SMILES string of the molecule is O=S(=O)(c1c(O)c(-c2ccccc2)cc2ccccc12)c1c(O)c(-c2ccccc2)cc2ccccc12. The third-order valence-corrected chi connectivity index (χ3v) is 8.56. The van der Waals surface area contributed by atoms with E-state index in [2.05, 4.69) is 0 Å². The van der Waals surface area contributed by atoms with E-state index >= 15 is 0 Å². The van der Waals surface area contributed by atoms with Crippen molar-refractivity contribution in [1.82, 2.24) is 0 Å². The van der Waals surface area contributed by atoms with E-state index in [-0.39, 0.29) is 21.3 Å². The van der Waals surface area contributed by atoms with E-state index in [0.717, 1.165) is 0 Å². The topological polar surface area (TPSA) is 74.6 Å². The highest BCUT2D eigenvalue weighted by Gasteiger charge is 2.32. The molecule has 0 saturated carbocycles. The Morgan fingerprint density at radius 1 is 0.459 bits per heavy atom. The van der Waals surface area contributed by atoms with Gasteiger partial charge in [0, 0.05) is 21.9 Å². The molecular formula is C32H22O4S. The molecule has 4 nitrogen and oxygen atoms in total. The average molecular weight is 503 g/mol. The highest BCUT2D eigenvalue weighted by atomic mass is 32.2. The first kappa shape index (κ1) is 22.8. The molecule has 0 heterocycles. The van der Waals surface area contributed by atoms with Crippen LogP contribution in [0.3, 0.4) is 0 Å². The number of fused-ring (bicyclic) bond motifs is 2. The van der Waals surface area contributed by atoms with Crippen LogP contribution < -0.4 is 0 Å². The molecule has 6 aromatic rings. The molecule has 0 fully saturated rings. The Morgan fingerprint density at radius 3 is 1.22 bits per heavy atom. The Labute approximate surface area is 214 Å². The summed E-state index contributed by atoms with van der Waals surface area (Å²) in [4.78, 5) is -0.453. The summed E-state index contributed by atoms with van der Waals surface area (Å²) in [7, 11) is -4.41. The molecule has 0 aliphatic carbocycles. The van der Waals surface area contributed by atoms with E-state index in [1.807, 2.05) is 84.9 Å². The molecule has 5 heteroatoms. The fourth-order valence-electron chi connectivity index (χ4n) is 4.93. The standard InChI is InChI=1S/C32H22O4S/c33-29-27(21-11-3-1-4-12-21)19-23-15-7-9-17-25(23)31(29)37(35,36)32-26-18-10-8-16-24(26)20-28(30(32)34)22-13-5-2-6-14-22/h1-20,33-34H. The van der Waals surface area contributed by atoms with Gasteiger partial charge in [0.15, 0.2) is 0 Å². The van der Waals surface area contributed by atoms with Gasteiger partial charge in [-0.1, -0.05) is 109 Å². The molecule has 0 atom stereocenters. The zero-order valence-corrected chi connectivity index (χ0v) is 20.5. The van der Waals surface area contributed by atoms with E-state index in [1.165, 1.54) is 0 Å². The van der Waals surface area contributed by atoms with Crippen LogP contribution in [0.15, 0.2) is 131 Å². The molecule has 2 N–H and O–H groups in total. The van der Waals surface area contributed by atoms with Gasteiger partial charge in [0.25, 0.3) is 0 Å². The van der Waals surface area contributed by atoms with Gasteiger partial charge in [0.05, 0.1) is 0 Å². The molecule has 0 aliphatic heterocycles. The first-order valence-electron chi connectivity index (χ1n) is 11.8. The van der Waals surface area contributed by atoms with Gasteiger partial charge in [-0.25, -0.2) is 8.42 Å². The number of hydrogen-bond acceptors (Lipinski definition) is 4. The predicted octanol–water partition coefficient (Wildman–Crippen LogP) is 7.57. The summed E-state index contributed by atoms with van der Waals surface area (Å²) < 4.78 is 29.1. The van der Waals surface area contributed by atoms with Crippen LogP contribution in [0.25, 0.3) is 43.8 Å². The number of aromatic hydroxyl groups is 2. The Morgan fingerprint density at radius 2 is 0.811 bits per heavy atom. The Kier molecular flexibility index (Phi) is 5.43. The first-order chi connectivity index (χ1) is 18.0. The number of phenols is 2. The van der Waals surface area contributed by atoms with Crippen LogP contribution in [-0.4, -0.2) is 18.6 Å². The second-order valence-corrected chi connectivity index (χ2v) is 10.7. The smallest absolute Gasteiger partial charge is 0.215 e. The van der Waals surface area contributed by atoms with Crippen molar-refractivity contribution in [3.63, 3.8) is 0 Å². The Balaban J connectivity index is 1.74. The number of sulfone groups is 1. The van der Waals surface area contributed by atoms with Crippen molar-refractivity contribution in [3.05, 3.63) is 121 Å². The van der Waals surface area contributed by atoms with Crippen LogP contribution in [0.2, 0.25) is 0 Å². The predicted molar refractivity (Wildman–Crippen MR) is 148 cm³/mol. The summed E-state index contributed by atoms with van der Waals surface area (Å²) >= 11 is 0. The van der Waals surface area contributed by atoms with Gasteiger partial charge in [-0.15, -0.1) is 0 Å². The summed E-state index contributed by atoms with van der Waals surface area (Å²) in [5.41, 5.74) is 2.19. The molecule has 6 rings (SSSR count). The zero-order valence-electron chi connectivity index (χ0n) is 19.7. The summed E-state index contributed by atoms with van der Waals surface area (Å²) in [5, 5.41) is 25.2. The molecule has 0 aromatic heterocycles. The highest BCUT2D eigenvalue weighted by molar-refractivity contribution is 7.92. The van der Waals surface area contributed by atoms with Crippen molar-refractivity contribution in [1.29, 1.82) is 0 Å². The summed E-state index contributed by atoms with van der Waals surface area (Å²) in [6.07, 6.45) is 0. The Bertz CT molecular complexity index is 1760. The van der Waals surface area contributed by atoms with E-state index in [0.29, 0.717) is 43.8 Å². The van der Waals surface area contributed by atoms with E-state index in [9.17, 15) is 18.6 Å². The van der Waals surface area contributed by atoms with Gasteiger partial charge in [0.2, 0.25) is 9.84 Å². The minimum absolute atomic E-state index is 0.227. The van der Waals surface area contributed by atoms with Crippen LogP contribution >= 0.6 is 0 Å². The van der Waals surface area contributed by atoms with Crippen LogP contribution in [0.1, 0.15) is 0 Å². The molecule has 0 bridgehead atoms. The van der Waals surface area contributed by atoms with Crippen molar-refractivity contribution in [2.45, 2.75) is 9.79 Å². The highest BCUT2D eigenvalue weighted by Crippen LogP contribution is 2.48. The average Bonchev–Trinajstić information content (AvgIpc) is 2.93. The number of phenolic OH excluding ortho intramolecular Hbond substituents is 2. The normalized spacial score (nSPS) is 11.7. The molecule has 0 aliphatic rings. The molecule has 6 aromatic carbocycles. The van der Waals surface area contributed by atoms with Crippen molar-refractivity contribution < 1.29 is 18.6 Å². The van der Waals surface area contributed by atoms with Crippen molar-refractivity contribution >= 4 is 31.4 Å². The first-order valence-corrected chi connectivity index (χ1v) is 13.3. The number of hydrogen-bond donors (Lipinski definition) is 2. The summed E-state index contributed by atoms with van der Waals surface area (Å²) in [5.74, 6) is -0.697. The van der Waals surface area contributed by atoms with Gasteiger partial charge in [-0.3, -0.25) is 0 Å². The third kappa shape index (κ3) is 3.72. The maximum Gasteiger partial charge on any atom is 0.215 e. The fraction of sp³-hybridized carbons (Fsp3) is 0. The minimum Gasteiger partial charge on any atom is -0.506 e. The molecule has 37 heavy (non-hydrogen) atoms. The lowest BCUT2D eigenvalue weighted by molar-refractivity contribution is 0.457. The fourth-order valence-corrected chi connectivity index (χ4v) is 6.81. The van der Waals surface area contributed by atoms with Gasteiger partial charge >= 0.3 is 0 Å². The van der Waals surface area contributed by atoms with Crippen molar-refractivity contribution in [2.75, 3.05) is 0 Å². The van der Waals surface area contributed by atoms with Crippen LogP contribution in [-0.2, 0) is 9.84 Å². The van der Waals surface area contributed by atoms with Crippen LogP contribution in [0, 0.1) is 0 Å². The molecule has 0 spiro atoms. The van der Waals surface area contributed by atoms with Gasteiger partial charge in [0.1, 0.15) is 21.3 Å². The third-order valence-electron chi connectivity index (χ3n) is 6.66. The summed E-state index contributed by atoms with van der Waals surface area (Å²) in [6.45, 7) is 0. The van der Waals surface area contributed by atoms with Crippen molar-refractivity contribution in [3.8, 4) is 33.8 Å². The second kappa shape index (κ2) is 8.80. The molecule has 0 saturated heterocycles. The van der Waals surface area contributed by atoms with E-state index in [1.54, 1.807) is 36.4 Å². The largest absolute Gasteiger partial charge is 0.506 e. The van der Waals surface area contributed by atoms with Crippen molar-refractivity contribution in [2.24, 2.45) is 0 Å². The number of rotatable bonds is 4. The molecule has 180 valence electrons. The minimum atomic E-state index is -4.41.